The normalized spacial score (nSPS) is 27.1. The van der Waals surface area contributed by atoms with E-state index in [0.717, 1.165) is 29.5 Å². The number of hydrogen-bond donors (Lipinski definition) is 1. The number of rotatable bonds is 9. The minimum Gasteiger partial charge on any atom is -0.487 e. The summed E-state index contributed by atoms with van der Waals surface area (Å²) in [4.78, 5) is 43.6. The van der Waals surface area contributed by atoms with Gasteiger partial charge in [0.25, 0.3) is 6.43 Å². The SMILES string of the molecule is CCC1(C)CC(=O)N(C[C@@H]2c3c(OCc4nnn(C)c4C(F)F)ccc(Cl)c3CCN2C(=O)[C@@H]2CCCC[C@]2(C)C(=O)O)C1. The molecule has 4 atom stereocenters. The van der Waals surface area contributed by atoms with Gasteiger partial charge in [-0.15, -0.1) is 5.10 Å². The topological polar surface area (TPSA) is 118 Å². The summed E-state index contributed by atoms with van der Waals surface area (Å²) in [6, 6.07) is 2.64. The van der Waals surface area contributed by atoms with Crippen LogP contribution in [0.15, 0.2) is 12.1 Å². The number of carbonyl (C=O) groups excluding carboxylic acids is 2. The summed E-state index contributed by atoms with van der Waals surface area (Å²) in [5, 5.41) is 18.2. The van der Waals surface area contributed by atoms with Crippen LogP contribution in [0.4, 0.5) is 8.78 Å². The van der Waals surface area contributed by atoms with Crippen molar-refractivity contribution in [2.75, 3.05) is 19.6 Å². The lowest BCUT2D eigenvalue weighted by molar-refractivity contribution is -0.162. The fourth-order valence-electron chi connectivity index (χ4n) is 7.16. The molecule has 2 aromatic rings. The molecule has 3 heterocycles. The Hall–Kier alpha value is -3.28. The van der Waals surface area contributed by atoms with Gasteiger partial charge in [0, 0.05) is 43.7 Å². The van der Waals surface area contributed by atoms with Gasteiger partial charge in [-0.1, -0.05) is 43.5 Å². The van der Waals surface area contributed by atoms with Crippen molar-refractivity contribution in [1.29, 1.82) is 0 Å². The smallest absolute Gasteiger partial charge is 0.310 e. The number of carbonyl (C=O) groups is 3. The standard InChI is InChI=1S/C31H40ClF2N5O5/c1-5-30(2)14-24(40)38(17-30)15-22-25-18(11-13-39(22)28(41)19-8-6-7-12-31(19,3)29(42)43)20(32)9-10-23(25)44-16-21-26(27(33)34)37(4)36-35-21/h9-10,19,22,27H,5-8,11-17H2,1-4H3,(H,42,43)/t19-,22+,30?,31-/m0/s1. The predicted molar refractivity (Wildman–Crippen MR) is 157 cm³/mol. The molecule has 1 N–H and O–H groups in total. The molecule has 1 unspecified atom stereocenters. The molecular formula is C31H40ClF2N5O5. The van der Waals surface area contributed by atoms with Crippen LogP contribution in [0, 0.1) is 16.7 Å². The van der Waals surface area contributed by atoms with Gasteiger partial charge in [0.2, 0.25) is 11.8 Å². The summed E-state index contributed by atoms with van der Waals surface area (Å²) >= 11 is 6.70. The number of likely N-dealkylation sites (tertiary alicyclic amines) is 1. The first-order chi connectivity index (χ1) is 20.8. The summed E-state index contributed by atoms with van der Waals surface area (Å²) in [6.07, 6.45) is 1.11. The van der Waals surface area contributed by atoms with E-state index in [1.54, 1.807) is 28.9 Å². The molecule has 1 aromatic carbocycles. The number of amides is 2. The van der Waals surface area contributed by atoms with Gasteiger partial charge in [0.15, 0.2) is 0 Å². The van der Waals surface area contributed by atoms with Crippen LogP contribution in [-0.2, 0) is 34.5 Å². The van der Waals surface area contributed by atoms with Crippen LogP contribution in [-0.4, -0.2) is 67.3 Å². The van der Waals surface area contributed by atoms with Crippen molar-refractivity contribution in [1.82, 2.24) is 24.8 Å². The van der Waals surface area contributed by atoms with Crippen molar-refractivity contribution in [3.8, 4) is 5.75 Å². The Morgan fingerprint density at radius 3 is 2.66 bits per heavy atom. The zero-order valence-corrected chi connectivity index (χ0v) is 26.4. The average Bonchev–Trinajstić information content (AvgIpc) is 3.50. The fraction of sp³-hybridized carbons (Fsp3) is 0.645. The van der Waals surface area contributed by atoms with E-state index < -0.39 is 29.8 Å². The number of aryl methyl sites for hydroxylation is 1. The summed E-state index contributed by atoms with van der Waals surface area (Å²) < 4.78 is 34.6. The van der Waals surface area contributed by atoms with Crippen LogP contribution in [0.2, 0.25) is 5.02 Å². The number of hydrogen-bond acceptors (Lipinski definition) is 6. The van der Waals surface area contributed by atoms with Crippen LogP contribution in [0.1, 0.15) is 94.3 Å². The third-order valence-corrected chi connectivity index (χ3v) is 10.5. The second-order valence-electron chi connectivity index (χ2n) is 13.0. The maximum atomic E-state index is 14.4. The highest BCUT2D eigenvalue weighted by Crippen LogP contribution is 2.47. The molecule has 3 aliphatic rings. The Labute approximate surface area is 260 Å². The van der Waals surface area contributed by atoms with Gasteiger partial charge in [-0.05, 0) is 55.7 Å². The Morgan fingerprint density at radius 2 is 2.00 bits per heavy atom. The van der Waals surface area contributed by atoms with E-state index in [4.69, 9.17) is 16.3 Å². The number of fused-ring (bicyclic) bond motifs is 1. The molecule has 1 aromatic heterocycles. The second-order valence-corrected chi connectivity index (χ2v) is 13.4. The molecule has 10 nitrogen and oxygen atoms in total. The maximum absolute atomic E-state index is 14.4. The summed E-state index contributed by atoms with van der Waals surface area (Å²) in [5.74, 6) is -1.68. The van der Waals surface area contributed by atoms with Crippen molar-refractivity contribution in [3.63, 3.8) is 0 Å². The van der Waals surface area contributed by atoms with Crippen molar-refractivity contribution < 1.29 is 33.0 Å². The number of benzene rings is 1. The van der Waals surface area contributed by atoms with Crippen molar-refractivity contribution in [2.45, 2.75) is 84.8 Å². The number of aliphatic carboxylic acids is 1. The van der Waals surface area contributed by atoms with Crippen molar-refractivity contribution in [2.24, 2.45) is 23.8 Å². The Balaban J connectivity index is 1.55. The first-order valence-electron chi connectivity index (χ1n) is 15.2. The molecule has 2 amide bonds. The fourth-order valence-corrected chi connectivity index (χ4v) is 7.42. The van der Waals surface area contributed by atoms with Gasteiger partial charge in [-0.2, -0.15) is 0 Å². The van der Waals surface area contributed by atoms with Crippen LogP contribution in [0.3, 0.4) is 0 Å². The van der Waals surface area contributed by atoms with Crippen LogP contribution < -0.4 is 4.74 Å². The van der Waals surface area contributed by atoms with Gasteiger partial charge < -0.3 is 19.6 Å². The molecule has 2 aliphatic heterocycles. The monoisotopic (exact) mass is 635 g/mol. The molecule has 240 valence electrons. The van der Waals surface area contributed by atoms with Gasteiger partial charge in [-0.25, -0.2) is 13.5 Å². The Kier molecular flexibility index (Phi) is 8.94. The van der Waals surface area contributed by atoms with E-state index in [9.17, 15) is 28.3 Å². The Morgan fingerprint density at radius 1 is 1.25 bits per heavy atom. The molecule has 0 spiro atoms. The molecule has 1 aliphatic carbocycles. The molecule has 2 fully saturated rings. The summed E-state index contributed by atoms with van der Waals surface area (Å²) in [5.41, 5.74) is -0.436. The minimum absolute atomic E-state index is 0.0145. The Bertz CT molecular complexity index is 1450. The molecule has 13 heteroatoms. The van der Waals surface area contributed by atoms with Gasteiger partial charge >= 0.3 is 5.97 Å². The maximum Gasteiger partial charge on any atom is 0.310 e. The van der Waals surface area contributed by atoms with Crippen molar-refractivity contribution in [3.05, 3.63) is 39.7 Å². The summed E-state index contributed by atoms with van der Waals surface area (Å²) in [7, 11) is 1.38. The quantitative estimate of drug-likeness (QED) is 0.395. The van der Waals surface area contributed by atoms with E-state index in [1.165, 1.54) is 7.05 Å². The van der Waals surface area contributed by atoms with Crippen LogP contribution in [0.5, 0.6) is 5.75 Å². The number of aromatic nitrogens is 3. The highest BCUT2D eigenvalue weighted by Gasteiger charge is 2.50. The largest absolute Gasteiger partial charge is 0.487 e. The predicted octanol–water partition coefficient (Wildman–Crippen LogP) is 5.34. The molecule has 5 rings (SSSR count). The number of carboxylic acids is 1. The summed E-state index contributed by atoms with van der Waals surface area (Å²) in [6.45, 7) is 6.44. The van der Waals surface area contributed by atoms with E-state index in [1.807, 2.05) is 6.92 Å². The molecule has 0 radical (unpaired) electrons. The third kappa shape index (κ3) is 5.77. The van der Waals surface area contributed by atoms with Gasteiger partial charge in [0.05, 0.1) is 17.4 Å². The molecule has 1 saturated heterocycles. The lowest BCUT2D eigenvalue weighted by Gasteiger charge is -2.45. The lowest BCUT2D eigenvalue weighted by Crippen LogP contribution is -2.52. The van der Waals surface area contributed by atoms with Crippen LogP contribution >= 0.6 is 11.6 Å². The molecule has 0 bridgehead atoms. The van der Waals surface area contributed by atoms with Crippen molar-refractivity contribution >= 4 is 29.4 Å². The molecule has 44 heavy (non-hydrogen) atoms. The van der Waals surface area contributed by atoms with Crippen LogP contribution in [0.25, 0.3) is 0 Å². The first-order valence-corrected chi connectivity index (χ1v) is 15.6. The minimum atomic E-state index is -2.80. The highest BCUT2D eigenvalue weighted by molar-refractivity contribution is 6.31. The number of halogens is 3. The third-order valence-electron chi connectivity index (χ3n) is 10.1. The van der Waals surface area contributed by atoms with E-state index >= 15 is 0 Å². The average molecular weight is 636 g/mol. The van der Waals surface area contributed by atoms with Gasteiger partial charge in [0.1, 0.15) is 23.7 Å². The number of nitrogens with zero attached hydrogens (tertiary/aromatic N) is 5. The zero-order valence-electron chi connectivity index (χ0n) is 25.6. The van der Waals surface area contributed by atoms with E-state index in [-0.39, 0.29) is 41.8 Å². The number of ether oxygens (including phenoxy) is 1. The second kappa shape index (κ2) is 12.3. The van der Waals surface area contributed by atoms with E-state index in [0.29, 0.717) is 55.1 Å². The molecule has 1 saturated carbocycles. The highest BCUT2D eigenvalue weighted by atomic mass is 35.5. The lowest BCUT2D eigenvalue weighted by atomic mass is 9.66. The van der Waals surface area contributed by atoms with Gasteiger partial charge in [-0.3, -0.25) is 14.4 Å². The number of carboxylic acid groups (broad SMARTS) is 1. The number of alkyl halides is 2. The zero-order chi connectivity index (χ0) is 32.0. The first kappa shape index (κ1) is 32.1. The molecular weight excluding hydrogens is 596 g/mol. The van der Waals surface area contributed by atoms with E-state index in [2.05, 4.69) is 17.2 Å².